The van der Waals surface area contributed by atoms with Crippen LogP contribution in [0.1, 0.15) is 13.3 Å². The minimum Gasteiger partial charge on any atom is -0.481 e. The molecule has 0 spiro atoms. The quantitative estimate of drug-likeness (QED) is 0.770. The van der Waals surface area contributed by atoms with Crippen LogP contribution < -0.4 is 10.1 Å². The lowest BCUT2D eigenvalue weighted by Crippen LogP contribution is -2.45. The number of hydrogen-bond acceptors (Lipinski definition) is 4. The van der Waals surface area contributed by atoms with E-state index >= 15 is 0 Å². The van der Waals surface area contributed by atoms with Crippen LogP contribution >= 0.6 is 0 Å². The number of hydrogen-bond donors (Lipinski definition) is 1. The van der Waals surface area contributed by atoms with Gasteiger partial charge in [0.15, 0.2) is 6.10 Å². The molecule has 1 aromatic rings. The molecule has 1 saturated heterocycles. The zero-order chi connectivity index (χ0) is 16.7. The Hall–Kier alpha value is -1.66. The van der Waals surface area contributed by atoms with E-state index in [4.69, 9.17) is 4.74 Å². The van der Waals surface area contributed by atoms with Crippen molar-refractivity contribution in [1.29, 1.82) is 0 Å². The summed E-state index contributed by atoms with van der Waals surface area (Å²) in [5, 5.41) is 2.89. The van der Waals surface area contributed by atoms with E-state index in [1.54, 1.807) is 6.92 Å². The van der Waals surface area contributed by atoms with Gasteiger partial charge in [-0.15, -0.1) is 0 Å². The second-order valence-electron chi connectivity index (χ2n) is 6.00. The Morgan fingerprint density at radius 1 is 1.26 bits per heavy atom. The Morgan fingerprint density at radius 2 is 1.91 bits per heavy atom. The second-order valence-corrected chi connectivity index (χ2v) is 6.00. The first-order valence-electron chi connectivity index (χ1n) is 8.15. The number of carbonyl (C=O) groups excluding carboxylic acids is 1. The molecular weight excluding hydrogens is 297 g/mol. The van der Waals surface area contributed by atoms with Gasteiger partial charge < -0.3 is 19.9 Å². The van der Waals surface area contributed by atoms with Gasteiger partial charge in [0.2, 0.25) is 0 Å². The van der Waals surface area contributed by atoms with Crippen molar-refractivity contribution in [2.75, 3.05) is 46.3 Å². The van der Waals surface area contributed by atoms with Gasteiger partial charge in [-0.3, -0.25) is 4.79 Å². The number of benzene rings is 1. The molecule has 128 valence electrons. The number of rotatable bonds is 7. The van der Waals surface area contributed by atoms with Crippen molar-refractivity contribution in [2.45, 2.75) is 19.4 Å². The van der Waals surface area contributed by atoms with Crippen LogP contribution in [0.15, 0.2) is 24.3 Å². The van der Waals surface area contributed by atoms with Gasteiger partial charge in [-0.1, -0.05) is 0 Å². The molecule has 0 unspecified atom stereocenters. The molecule has 1 aliphatic heterocycles. The minimum absolute atomic E-state index is 0.146. The Kier molecular flexibility index (Phi) is 6.80. The molecule has 5 nitrogen and oxygen atoms in total. The minimum atomic E-state index is -0.593. The number of halogens is 1. The molecule has 1 aliphatic rings. The highest BCUT2D eigenvalue weighted by atomic mass is 19.1. The van der Waals surface area contributed by atoms with E-state index in [-0.39, 0.29) is 11.7 Å². The molecule has 0 bridgehead atoms. The van der Waals surface area contributed by atoms with Gasteiger partial charge >= 0.3 is 0 Å². The molecule has 0 saturated carbocycles. The monoisotopic (exact) mass is 323 g/mol. The lowest BCUT2D eigenvalue weighted by Gasteiger charge is -2.32. The smallest absolute Gasteiger partial charge is 0.260 e. The van der Waals surface area contributed by atoms with Crippen LogP contribution in [0.4, 0.5) is 4.39 Å². The van der Waals surface area contributed by atoms with Crippen molar-refractivity contribution in [3.8, 4) is 5.75 Å². The molecule has 6 heteroatoms. The average molecular weight is 323 g/mol. The molecule has 23 heavy (non-hydrogen) atoms. The number of amides is 1. The third-order valence-corrected chi connectivity index (χ3v) is 4.04. The van der Waals surface area contributed by atoms with Crippen molar-refractivity contribution in [3.63, 3.8) is 0 Å². The summed E-state index contributed by atoms with van der Waals surface area (Å²) in [6.07, 6.45) is 0.336. The zero-order valence-electron chi connectivity index (χ0n) is 13.9. The Balaban J connectivity index is 1.61. The van der Waals surface area contributed by atoms with E-state index in [1.807, 2.05) is 0 Å². The molecule has 2 rings (SSSR count). The number of likely N-dealkylation sites (N-methyl/N-ethyl adjacent to an activating group) is 1. The molecule has 1 fully saturated rings. The summed E-state index contributed by atoms with van der Waals surface area (Å²) in [7, 11) is 2.14. The van der Waals surface area contributed by atoms with Gasteiger partial charge in [0.05, 0.1) is 0 Å². The van der Waals surface area contributed by atoms with Crippen molar-refractivity contribution in [2.24, 2.45) is 0 Å². The van der Waals surface area contributed by atoms with Crippen molar-refractivity contribution >= 4 is 5.91 Å². The van der Waals surface area contributed by atoms with Gasteiger partial charge in [0.1, 0.15) is 11.6 Å². The van der Waals surface area contributed by atoms with Crippen LogP contribution in [-0.4, -0.2) is 68.1 Å². The summed E-state index contributed by atoms with van der Waals surface area (Å²) in [5.74, 6) is 0.0255. The molecule has 1 aromatic carbocycles. The first-order chi connectivity index (χ1) is 11.0. The summed E-state index contributed by atoms with van der Waals surface area (Å²) in [4.78, 5) is 16.7. The fraction of sp³-hybridized carbons (Fsp3) is 0.588. The Bertz CT molecular complexity index is 487. The SMILES string of the molecule is C[C@H](Oc1ccc(F)cc1)C(=O)NCCCN1CCN(C)CC1. The molecular formula is C17H26FN3O2. The summed E-state index contributed by atoms with van der Waals surface area (Å²) < 4.78 is 18.3. The van der Waals surface area contributed by atoms with E-state index in [1.165, 1.54) is 24.3 Å². The molecule has 1 heterocycles. The summed E-state index contributed by atoms with van der Waals surface area (Å²) in [6.45, 7) is 7.73. The average Bonchev–Trinajstić information content (AvgIpc) is 2.55. The summed E-state index contributed by atoms with van der Waals surface area (Å²) in [5.41, 5.74) is 0. The number of ether oxygens (including phenoxy) is 1. The van der Waals surface area contributed by atoms with Crippen molar-refractivity contribution < 1.29 is 13.9 Å². The van der Waals surface area contributed by atoms with Gasteiger partial charge in [-0.05, 0) is 51.2 Å². The van der Waals surface area contributed by atoms with Crippen LogP contribution in [0.5, 0.6) is 5.75 Å². The lowest BCUT2D eigenvalue weighted by molar-refractivity contribution is -0.127. The maximum atomic E-state index is 12.8. The summed E-state index contributed by atoms with van der Waals surface area (Å²) >= 11 is 0. The van der Waals surface area contributed by atoms with Crippen molar-refractivity contribution in [1.82, 2.24) is 15.1 Å². The van der Waals surface area contributed by atoms with Crippen LogP contribution in [0.3, 0.4) is 0 Å². The number of nitrogens with one attached hydrogen (secondary N) is 1. The van der Waals surface area contributed by atoms with E-state index in [0.29, 0.717) is 12.3 Å². The zero-order valence-corrected chi connectivity index (χ0v) is 13.9. The second kappa shape index (κ2) is 8.84. The molecule has 0 radical (unpaired) electrons. The fourth-order valence-corrected chi connectivity index (χ4v) is 2.50. The first-order valence-corrected chi connectivity index (χ1v) is 8.15. The predicted molar refractivity (Wildman–Crippen MR) is 88.1 cm³/mol. The van der Waals surface area contributed by atoms with Gasteiger partial charge in [0.25, 0.3) is 5.91 Å². The van der Waals surface area contributed by atoms with Gasteiger partial charge in [0, 0.05) is 32.7 Å². The summed E-state index contributed by atoms with van der Waals surface area (Å²) in [6, 6.07) is 5.67. The predicted octanol–water partition coefficient (Wildman–Crippen LogP) is 1.35. The van der Waals surface area contributed by atoms with Gasteiger partial charge in [-0.2, -0.15) is 0 Å². The van der Waals surface area contributed by atoms with E-state index < -0.39 is 6.10 Å². The van der Waals surface area contributed by atoms with Crippen molar-refractivity contribution in [3.05, 3.63) is 30.1 Å². The Labute approximate surface area is 137 Å². The molecule has 1 atom stereocenters. The molecule has 0 aromatic heterocycles. The van der Waals surface area contributed by atoms with Crippen LogP contribution in [0.2, 0.25) is 0 Å². The Morgan fingerprint density at radius 3 is 2.57 bits per heavy atom. The highest BCUT2D eigenvalue weighted by molar-refractivity contribution is 5.80. The van der Waals surface area contributed by atoms with Crippen LogP contribution in [0.25, 0.3) is 0 Å². The van der Waals surface area contributed by atoms with Gasteiger partial charge in [-0.25, -0.2) is 4.39 Å². The third-order valence-electron chi connectivity index (χ3n) is 4.04. The topological polar surface area (TPSA) is 44.8 Å². The van der Waals surface area contributed by atoms with E-state index in [2.05, 4.69) is 22.2 Å². The first kappa shape index (κ1) is 17.7. The number of nitrogens with zero attached hydrogens (tertiary/aromatic N) is 2. The number of carbonyl (C=O) groups is 1. The highest BCUT2D eigenvalue weighted by Gasteiger charge is 2.15. The fourth-order valence-electron chi connectivity index (χ4n) is 2.50. The molecule has 0 aliphatic carbocycles. The van der Waals surface area contributed by atoms with Crippen LogP contribution in [-0.2, 0) is 4.79 Å². The third kappa shape index (κ3) is 6.15. The maximum Gasteiger partial charge on any atom is 0.260 e. The molecule has 1 amide bonds. The lowest BCUT2D eigenvalue weighted by atomic mass is 10.3. The normalized spacial score (nSPS) is 17.7. The van der Waals surface area contributed by atoms with E-state index in [9.17, 15) is 9.18 Å². The highest BCUT2D eigenvalue weighted by Crippen LogP contribution is 2.13. The van der Waals surface area contributed by atoms with Crippen LogP contribution in [0, 0.1) is 5.82 Å². The molecule has 1 N–H and O–H groups in total. The number of piperazine rings is 1. The largest absolute Gasteiger partial charge is 0.481 e. The maximum absolute atomic E-state index is 12.8. The standard InChI is InChI=1S/C17H26FN3O2/c1-14(23-16-6-4-15(18)5-7-16)17(22)19-8-3-9-21-12-10-20(2)11-13-21/h4-7,14H,3,8-13H2,1-2H3,(H,19,22)/t14-/m0/s1. The van der Waals surface area contributed by atoms with E-state index in [0.717, 1.165) is 39.1 Å².